The number of ether oxygens (including phenoxy) is 3. The van der Waals surface area contributed by atoms with E-state index in [4.69, 9.17) is 14.2 Å². The molecule has 0 amide bonds. The molecule has 1 aromatic rings. The molecule has 0 aliphatic carbocycles. The summed E-state index contributed by atoms with van der Waals surface area (Å²) in [7, 11) is 3.18. The summed E-state index contributed by atoms with van der Waals surface area (Å²) in [5.41, 5.74) is -0.337. The van der Waals surface area contributed by atoms with E-state index in [1.807, 2.05) is 24.3 Å². The second-order valence-electron chi connectivity index (χ2n) is 4.04. The zero-order chi connectivity index (χ0) is 12.7. The highest BCUT2D eigenvalue weighted by atomic mass is 16.5. The molecule has 0 saturated heterocycles. The van der Waals surface area contributed by atoms with Crippen LogP contribution in [0.25, 0.3) is 0 Å². The molecule has 96 valence electrons. The summed E-state index contributed by atoms with van der Waals surface area (Å²) < 4.78 is 15.5. The second kappa shape index (κ2) is 6.59. The molecule has 0 fully saturated rings. The summed E-state index contributed by atoms with van der Waals surface area (Å²) in [4.78, 5) is 0. The highest BCUT2D eigenvalue weighted by Crippen LogP contribution is 2.29. The van der Waals surface area contributed by atoms with E-state index in [2.05, 4.69) is 0 Å². The fourth-order valence-corrected chi connectivity index (χ4v) is 1.63. The molecular formula is C13H20O4. The maximum Gasteiger partial charge on any atom is 0.125 e. The van der Waals surface area contributed by atoms with E-state index < -0.39 is 5.60 Å². The van der Waals surface area contributed by atoms with Gasteiger partial charge >= 0.3 is 0 Å². The van der Waals surface area contributed by atoms with Crippen LogP contribution in [0.2, 0.25) is 0 Å². The Morgan fingerprint density at radius 1 is 1.12 bits per heavy atom. The first-order valence-electron chi connectivity index (χ1n) is 5.54. The number of hydrogen-bond acceptors (Lipinski definition) is 4. The summed E-state index contributed by atoms with van der Waals surface area (Å²) >= 11 is 0. The van der Waals surface area contributed by atoms with Gasteiger partial charge in [0.15, 0.2) is 0 Å². The van der Waals surface area contributed by atoms with Crippen LogP contribution >= 0.6 is 0 Å². The molecule has 0 aromatic heterocycles. The first-order valence-corrected chi connectivity index (χ1v) is 5.54. The maximum atomic E-state index is 10.3. The molecule has 1 N–H and O–H groups in total. The molecule has 0 aliphatic heterocycles. The Kier molecular flexibility index (Phi) is 5.41. The normalized spacial score (nSPS) is 14.4. The molecule has 0 saturated carbocycles. The third-order valence-electron chi connectivity index (χ3n) is 2.44. The molecule has 0 aliphatic rings. The van der Waals surface area contributed by atoms with Crippen LogP contribution in [-0.2, 0) is 15.1 Å². The van der Waals surface area contributed by atoms with Crippen molar-refractivity contribution in [2.75, 3.05) is 34.0 Å². The van der Waals surface area contributed by atoms with Gasteiger partial charge in [-0.05, 0) is 13.0 Å². The SMILES string of the molecule is COCCOc1ccccc1C(C)(O)COC. The smallest absolute Gasteiger partial charge is 0.125 e. The standard InChI is InChI=1S/C13H20O4/c1-13(14,10-16-3)11-6-4-5-7-12(11)17-9-8-15-2/h4-7,14H,8-10H2,1-3H3. The molecule has 17 heavy (non-hydrogen) atoms. The van der Waals surface area contributed by atoms with Crippen LogP contribution in [-0.4, -0.2) is 39.1 Å². The summed E-state index contributed by atoms with van der Waals surface area (Å²) in [6.07, 6.45) is 0. The van der Waals surface area contributed by atoms with Gasteiger partial charge < -0.3 is 19.3 Å². The van der Waals surface area contributed by atoms with Gasteiger partial charge in [-0.3, -0.25) is 0 Å². The Bertz CT molecular complexity index is 336. The summed E-state index contributed by atoms with van der Waals surface area (Å²) in [6, 6.07) is 7.40. The van der Waals surface area contributed by atoms with E-state index in [-0.39, 0.29) is 6.61 Å². The first-order chi connectivity index (χ1) is 8.11. The van der Waals surface area contributed by atoms with Gasteiger partial charge in [-0.25, -0.2) is 0 Å². The highest BCUT2D eigenvalue weighted by Gasteiger charge is 2.26. The monoisotopic (exact) mass is 240 g/mol. The highest BCUT2D eigenvalue weighted by molar-refractivity contribution is 5.37. The lowest BCUT2D eigenvalue weighted by atomic mass is 9.96. The van der Waals surface area contributed by atoms with Crippen molar-refractivity contribution in [2.45, 2.75) is 12.5 Å². The van der Waals surface area contributed by atoms with Crippen LogP contribution in [0.5, 0.6) is 5.75 Å². The minimum absolute atomic E-state index is 0.220. The Hall–Kier alpha value is -1.10. The van der Waals surface area contributed by atoms with E-state index in [0.717, 1.165) is 5.56 Å². The van der Waals surface area contributed by atoms with Crippen LogP contribution in [0.15, 0.2) is 24.3 Å². The van der Waals surface area contributed by atoms with Gasteiger partial charge in [0.25, 0.3) is 0 Å². The molecule has 4 heteroatoms. The minimum Gasteiger partial charge on any atom is -0.491 e. The number of rotatable bonds is 7. The average Bonchev–Trinajstić information content (AvgIpc) is 2.30. The zero-order valence-electron chi connectivity index (χ0n) is 10.6. The largest absolute Gasteiger partial charge is 0.491 e. The van der Waals surface area contributed by atoms with E-state index in [9.17, 15) is 5.11 Å². The van der Waals surface area contributed by atoms with Gasteiger partial charge in [0, 0.05) is 19.8 Å². The van der Waals surface area contributed by atoms with Crippen molar-refractivity contribution in [3.8, 4) is 5.75 Å². The van der Waals surface area contributed by atoms with Crippen LogP contribution < -0.4 is 4.74 Å². The summed E-state index contributed by atoms with van der Waals surface area (Å²) in [5, 5.41) is 10.3. The molecular weight excluding hydrogens is 220 g/mol. The molecule has 1 atom stereocenters. The predicted octanol–water partition coefficient (Wildman–Crippen LogP) is 1.57. The van der Waals surface area contributed by atoms with Gasteiger partial charge in [-0.2, -0.15) is 0 Å². The molecule has 4 nitrogen and oxygen atoms in total. The fourth-order valence-electron chi connectivity index (χ4n) is 1.63. The predicted molar refractivity (Wildman–Crippen MR) is 65.3 cm³/mol. The molecule has 1 aromatic carbocycles. The Morgan fingerprint density at radius 3 is 2.47 bits per heavy atom. The van der Waals surface area contributed by atoms with Crippen LogP contribution in [0.3, 0.4) is 0 Å². The molecule has 1 unspecified atom stereocenters. The minimum atomic E-state index is -1.06. The topological polar surface area (TPSA) is 47.9 Å². The van der Waals surface area contributed by atoms with Crippen LogP contribution in [0.1, 0.15) is 12.5 Å². The van der Waals surface area contributed by atoms with E-state index in [1.54, 1.807) is 21.1 Å². The Labute approximate surface area is 102 Å². The van der Waals surface area contributed by atoms with Crippen molar-refractivity contribution in [1.82, 2.24) is 0 Å². The van der Waals surface area contributed by atoms with Crippen molar-refractivity contribution in [1.29, 1.82) is 0 Å². The van der Waals surface area contributed by atoms with Crippen molar-refractivity contribution in [3.63, 3.8) is 0 Å². The molecule has 0 bridgehead atoms. The molecule has 0 radical (unpaired) electrons. The van der Waals surface area contributed by atoms with Crippen molar-refractivity contribution < 1.29 is 19.3 Å². The number of para-hydroxylation sites is 1. The zero-order valence-corrected chi connectivity index (χ0v) is 10.6. The lowest BCUT2D eigenvalue weighted by Gasteiger charge is -2.25. The first kappa shape index (κ1) is 14.0. The van der Waals surface area contributed by atoms with E-state index >= 15 is 0 Å². The summed E-state index contributed by atoms with van der Waals surface area (Å²) in [6.45, 7) is 2.89. The average molecular weight is 240 g/mol. The van der Waals surface area contributed by atoms with Gasteiger partial charge in [0.05, 0.1) is 13.2 Å². The third-order valence-corrected chi connectivity index (χ3v) is 2.44. The van der Waals surface area contributed by atoms with Crippen LogP contribution in [0.4, 0.5) is 0 Å². The third kappa shape index (κ3) is 4.00. The number of methoxy groups -OCH3 is 2. The van der Waals surface area contributed by atoms with Gasteiger partial charge in [-0.1, -0.05) is 18.2 Å². The quantitative estimate of drug-likeness (QED) is 0.735. The molecule has 1 rings (SSSR count). The lowest BCUT2D eigenvalue weighted by Crippen LogP contribution is -2.28. The van der Waals surface area contributed by atoms with E-state index in [1.165, 1.54) is 0 Å². The maximum absolute atomic E-state index is 10.3. The van der Waals surface area contributed by atoms with Gasteiger partial charge in [0.2, 0.25) is 0 Å². The lowest BCUT2D eigenvalue weighted by molar-refractivity contribution is -0.0228. The number of aliphatic hydroxyl groups is 1. The second-order valence-corrected chi connectivity index (χ2v) is 4.04. The van der Waals surface area contributed by atoms with E-state index in [0.29, 0.717) is 19.0 Å². The van der Waals surface area contributed by atoms with Gasteiger partial charge in [-0.15, -0.1) is 0 Å². The van der Waals surface area contributed by atoms with Gasteiger partial charge in [0.1, 0.15) is 18.0 Å². The Morgan fingerprint density at radius 2 is 1.82 bits per heavy atom. The van der Waals surface area contributed by atoms with Crippen LogP contribution in [0, 0.1) is 0 Å². The summed E-state index contributed by atoms with van der Waals surface area (Å²) in [5.74, 6) is 0.659. The van der Waals surface area contributed by atoms with Crippen molar-refractivity contribution >= 4 is 0 Å². The van der Waals surface area contributed by atoms with Crippen molar-refractivity contribution in [3.05, 3.63) is 29.8 Å². The van der Waals surface area contributed by atoms with Crippen molar-refractivity contribution in [2.24, 2.45) is 0 Å². The molecule has 0 spiro atoms. The fraction of sp³-hybridized carbons (Fsp3) is 0.538. The number of benzene rings is 1. The molecule has 0 heterocycles. The number of hydrogen-bond donors (Lipinski definition) is 1. The Balaban J connectivity index is 2.83.